The Balaban J connectivity index is 0.000000765. The molecule has 0 radical (unpaired) electrons. The summed E-state index contributed by atoms with van der Waals surface area (Å²) in [6, 6.07) is 19.0. The van der Waals surface area contributed by atoms with Crippen LogP contribution in [-0.2, 0) is 19.6 Å². The third-order valence-electron chi connectivity index (χ3n) is 6.89. The smallest absolute Gasteiger partial charge is 0.414 e. The van der Waals surface area contributed by atoms with Gasteiger partial charge in [0.15, 0.2) is 5.78 Å². The van der Waals surface area contributed by atoms with Crippen LogP contribution >= 0.6 is 0 Å². The number of halogens is 1. The van der Waals surface area contributed by atoms with Gasteiger partial charge in [-0.05, 0) is 86.6 Å². The topological polar surface area (TPSA) is 151 Å². The van der Waals surface area contributed by atoms with E-state index in [4.69, 9.17) is 29.3 Å². The summed E-state index contributed by atoms with van der Waals surface area (Å²) in [5.74, 6) is -3.09. The number of rotatable bonds is 10. The molecule has 1 heterocycles. The number of sulfonamides is 1. The Morgan fingerprint density at radius 1 is 0.884 bits per heavy atom. The number of aliphatic carboxylic acids is 2. The highest BCUT2D eigenvalue weighted by molar-refractivity contribution is 7.92. The van der Waals surface area contributed by atoms with Crippen LogP contribution in [0.3, 0.4) is 0 Å². The molecule has 13 heteroatoms. The number of methoxy groups -OCH3 is 2. The lowest BCUT2D eigenvalue weighted by Crippen LogP contribution is -2.43. The van der Waals surface area contributed by atoms with Gasteiger partial charge >= 0.3 is 11.9 Å². The first-order valence-electron chi connectivity index (χ1n) is 13.3. The van der Waals surface area contributed by atoms with Crippen molar-refractivity contribution in [2.75, 3.05) is 44.7 Å². The molecule has 2 N–H and O–H groups in total. The minimum Gasteiger partial charge on any atom is -0.497 e. The highest BCUT2D eigenvalue weighted by Gasteiger charge is 2.30. The summed E-state index contributed by atoms with van der Waals surface area (Å²) in [7, 11) is -0.847. The Hall–Kier alpha value is -4.49. The van der Waals surface area contributed by atoms with Crippen LogP contribution in [-0.4, -0.2) is 81.7 Å². The molecule has 230 valence electrons. The third kappa shape index (κ3) is 8.75. The van der Waals surface area contributed by atoms with Crippen molar-refractivity contribution in [1.82, 2.24) is 4.90 Å². The van der Waals surface area contributed by atoms with E-state index in [1.54, 1.807) is 36.4 Å². The zero-order valence-corrected chi connectivity index (χ0v) is 24.5. The van der Waals surface area contributed by atoms with E-state index in [1.807, 2.05) is 0 Å². The summed E-state index contributed by atoms with van der Waals surface area (Å²) >= 11 is 0. The van der Waals surface area contributed by atoms with Crippen molar-refractivity contribution in [3.05, 3.63) is 84.2 Å². The van der Waals surface area contributed by atoms with E-state index in [2.05, 4.69) is 4.90 Å². The van der Waals surface area contributed by atoms with Gasteiger partial charge in [-0.15, -0.1) is 0 Å². The maximum Gasteiger partial charge on any atom is 0.414 e. The first-order valence-corrected chi connectivity index (χ1v) is 14.7. The molecule has 11 nitrogen and oxygen atoms in total. The van der Waals surface area contributed by atoms with Gasteiger partial charge in [-0.1, -0.05) is 12.1 Å². The summed E-state index contributed by atoms with van der Waals surface area (Å²) in [4.78, 5) is 33.3. The van der Waals surface area contributed by atoms with Crippen molar-refractivity contribution in [2.24, 2.45) is 5.92 Å². The molecule has 0 amide bonds. The largest absolute Gasteiger partial charge is 0.497 e. The number of carbonyl (C=O) groups excluding carboxylic acids is 1. The van der Waals surface area contributed by atoms with Crippen LogP contribution in [0.5, 0.6) is 11.5 Å². The normalized spacial score (nSPS) is 13.7. The van der Waals surface area contributed by atoms with E-state index in [0.29, 0.717) is 55.2 Å². The van der Waals surface area contributed by atoms with Crippen LogP contribution in [0.1, 0.15) is 23.2 Å². The predicted molar refractivity (Wildman–Crippen MR) is 156 cm³/mol. The van der Waals surface area contributed by atoms with Crippen LogP contribution in [0, 0.1) is 11.7 Å². The van der Waals surface area contributed by atoms with E-state index in [0.717, 1.165) is 0 Å². The average Bonchev–Trinajstić information content (AvgIpc) is 3.02. The molecular weight excluding hydrogens is 583 g/mol. The zero-order valence-electron chi connectivity index (χ0n) is 23.7. The first-order chi connectivity index (χ1) is 20.5. The van der Waals surface area contributed by atoms with Crippen LogP contribution in [0.15, 0.2) is 77.7 Å². The predicted octanol–water partition coefficient (Wildman–Crippen LogP) is 3.79. The first kappa shape index (κ1) is 33.0. The number of benzene rings is 3. The number of Topliss-reactive ketones (excluding diaryl/α,β-unsaturated/α-hetero) is 1. The number of hydrogen-bond acceptors (Lipinski definition) is 8. The number of nitrogens with zero attached hydrogens (tertiary/aromatic N) is 2. The fourth-order valence-electron chi connectivity index (χ4n) is 4.58. The van der Waals surface area contributed by atoms with Crippen LogP contribution in [0.25, 0.3) is 0 Å². The number of hydrogen-bond donors (Lipinski definition) is 2. The molecule has 0 aliphatic carbocycles. The minimum absolute atomic E-state index is 0.0254. The van der Waals surface area contributed by atoms with Gasteiger partial charge in [0.1, 0.15) is 17.3 Å². The second-order valence-electron chi connectivity index (χ2n) is 9.52. The summed E-state index contributed by atoms with van der Waals surface area (Å²) in [5.41, 5.74) is 0.981. The summed E-state index contributed by atoms with van der Waals surface area (Å²) < 4.78 is 52.7. The van der Waals surface area contributed by atoms with Crippen molar-refractivity contribution in [3.63, 3.8) is 0 Å². The van der Waals surface area contributed by atoms with Gasteiger partial charge in [0.05, 0.1) is 24.8 Å². The molecule has 0 unspecified atom stereocenters. The number of ether oxygens (including phenoxy) is 2. The molecule has 1 fully saturated rings. The number of anilines is 1. The lowest BCUT2D eigenvalue weighted by atomic mass is 9.89. The van der Waals surface area contributed by atoms with Crippen molar-refractivity contribution >= 4 is 33.4 Å². The number of ketones is 1. The van der Waals surface area contributed by atoms with Crippen LogP contribution in [0.2, 0.25) is 0 Å². The van der Waals surface area contributed by atoms with E-state index in [-0.39, 0.29) is 29.0 Å². The number of carbonyl (C=O) groups is 3. The molecule has 0 aromatic heterocycles. The third-order valence-corrected chi connectivity index (χ3v) is 8.72. The second-order valence-corrected chi connectivity index (χ2v) is 11.4. The van der Waals surface area contributed by atoms with Crippen LogP contribution in [0.4, 0.5) is 10.1 Å². The Labute approximate surface area is 249 Å². The number of piperidine rings is 1. The molecular formula is C30H33FN2O9S. The van der Waals surface area contributed by atoms with E-state index in [1.165, 1.54) is 54.9 Å². The molecule has 0 atom stereocenters. The van der Waals surface area contributed by atoms with Gasteiger partial charge < -0.3 is 24.6 Å². The monoisotopic (exact) mass is 616 g/mol. The Morgan fingerprint density at radius 2 is 1.47 bits per heavy atom. The number of carboxylic acids is 2. The fraction of sp³-hybridized carbons (Fsp3) is 0.300. The number of carboxylic acid groups (broad SMARTS) is 2. The molecule has 0 spiro atoms. The molecule has 0 bridgehead atoms. The van der Waals surface area contributed by atoms with Crippen molar-refractivity contribution in [3.8, 4) is 11.5 Å². The average molecular weight is 617 g/mol. The van der Waals surface area contributed by atoms with Crippen LogP contribution < -0.4 is 13.8 Å². The van der Waals surface area contributed by atoms with Gasteiger partial charge in [0, 0.05) is 24.6 Å². The number of para-hydroxylation sites is 2. The molecule has 1 aliphatic heterocycles. The van der Waals surface area contributed by atoms with Gasteiger partial charge in [-0.2, -0.15) is 0 Å². The van der Waals surface area contributed by atoms with Gasteiger partial charge in [-0.25, -0.2) is 22.4 Å². The van der Waals surface area contributed by atoms with E-state index < -0.39 is 22.0 Å². The standard InChI is InChI=1S/C28H31FN2O5S.C2H2O4/c1-35-24-11-13-25(14-12-24)37(33,34)31(26-5-3-4-6-27(26)36-2)20-19-30-17-15-22(16-18-30)28(32)21-7-9-23(29)10-8-21;3-1(4)2(5)6/h3-14,22H,15-20H2,1-2H3;(H,3,4)(H,5,6). The fourth-order valence-corrected chi connectivity index (χ4v) is 6.05. The minimum atomic E-state index is -3.89. The molecule has 3 aromatic carbocycles. The van der Waals surface area contributed by atoms with Gasteiger partial charge in [0.2, 0.25) is 0 Å². The molecule has 1 aliphatic rings. The summed E-state index contributed by atoms with van der Waals surface area (Å²) in [6.45, 7) is 2.04. The molecule has 4 rings (SSSR count). The Bertz CT molecular complexity index is 1490. The van der Waals surface area contributed by atoms with Crippen molar-refractivity contribution in [1.29, 1.82) is 0 Å². The Kier molecular flexibility index (Phi) is 11.6. The lowest BCUT2D eigenvalue weighted by molar-refractivity contribution is -0.159. The van der Waals surface area contributed by atoms with E-state index >= 15 is 0 Å². The molecule has 1 saturated heterocycles. The molecule has 43 heavy (non-hydrogen) atoms. The van der Waals surface area contributed by atoms with Gasteiger partial charge in [-0.3, -0.25) is 9.10 Å². The van der Waals surface area contributed by atoms with Crippen molar-refractivity contribution in [2.45, 2.75) is 17.7 Å². The summed E-state index contributed by atoms with van der Waals surface area (Å²) in [5, 5.41) is 14.8. The molecule has 3 aromatic rings. The zero-order chi connectivity index (χ0) is 31.6. The second kappa shape index (κ2) is 15.1. The van der Waals surface area contributed by atoms with Crippen molar-refractivity contribution < 1.29 is 46.9 Å². The molecule has 0 saturated carbocycles. The SMILES string of the molecule is COc1ccc(S(=O)(=O)N(CCN2CCC(C(=O)c3ccc(F)cc3)CC2)c2ccccc2OC)cc1.O=C(O)C(=O)O. The van der Waals surface area contributed by atoms with Gasteiger partial charge in [0.25, 0.3) is 10.0 Å². The number of likely N-dealkylation sites (tertiary alicyclic amines) is 1. The van der Waals surface area contributed by atoms with E-state index in [9.17, 15) is 17.6 Å². The highest BCUT2D eigenvalue weighted by atomic mass is 32.2. The summed E-state index contributed by atoms with van der Waals surface area (Å²) in [6.07, 6.45) is 1.33. The maximum atomic E-state index is 13.7. The lowest BCUT2D eigenvalue weighted by Gasteiger charge is -2.33. The highest BCUT2D eigenvalue weighted by Crippen LogP contribution is 2.33. The maximum absolute atomic E-state index is 13.7. The Morgan fingerprint density at radius 3 is 2.00 bits per heavy atom. The quantitative estimate of drug-likeness (QED) is 0.254.